The molecule has 0 heterocycles. The van der Waals surface area contributed by atoms with E-state index in [0.717, 1.165) is 23.7 Å². The summed E-state index contributed by atoms with van der Waals surface area (Å²) < 4.78 is 0. The second-order valence-electron chi connectivity index (χ2n) is 5.39. The Morgan fingerprint density at radius 2 is 1.85 bits per heavy atom. The number of allylic oxidation sites excluding steroid dienone is 2. The number of fused-ring (bicyclic) bond motifs is 1. The summed E-state index contributed by atoms with van der Waals surface area (Å²) in [6.07, 6.45) is 8.30. The molecule has 74 valence electrons. The summed E-state index contributed by atoms with van der Waals surface area (Å²) >= 11 is 0. The van der Waals surface area contributed by atoms with Crippen molar-refractivity contribution >= 4 is 0 Å². The van der Waals surface area contributed by atoms with Crippen LogP contribution in [0.25, 0.3) is 0 Å². The van der Waals surface area contributed by atoms with Gasteiger partial charge in [0.15, 0.2) is 0 Å². The lowest BCUT2D eigenvalue weighted by Gasteiger charge is -2.38. The molecule has 1 saturated carbocycles. The van der Waals surface area contributed by atoms with Crippen LogP contribution in [0.5, 0.6) is 0 Å². The van der Waals surface area contributed by atoms with Crippen LogP contribution in [0, 0.1) is 23.7 Å². The van der Waals surface area contributed by atoms with E-state index in [-0.39, 0.29) is 0 Å². The lowest BCUT2D eigenvalue weighted by Crippen LogP contribution is -2.26. The minimum Gasteiger partial charge on any atom is -0.0822 e. The van der Waals surface area contributed by atoms with Gasteiger partial charge in [-0.1, -0.05) is 32.4 Å². The molecule has 0 heteroatoms. The second-order valence-corrected chi connectivity index (χ2v) is 5.39. The van der Waals surface area contributed by atoms with Gasteiger partial charge >= 0.3 is 0 Å². The highest BCUT2D eigenvalue weighted by Crippen LogP contribution is 2.43. The fraction of sp³-hybridized carbons (Fsp3) is 0.846. The average molecular weight is 178 g/mol. The van der Waals surface area contributed by atoms with E-state index in [4.69, 9.17) is 0 Å². The summed E-state index contributed by atoms with van der Waals surface area (Å²) in [5.41, 5.74) is 1.80. The molecule has 0 N–H and O–H groups in total. The molecule has 1 fully saturated rings. The highest BCUT2D eigenvalue weighted by molar-refractivity contribution is 5.15. The van der Waals surface area contributed by atoms with Crippen molar-refractivity contribution in [2.45, 2.75) is 46.5 Å². The second kappa shape index (κ2) is 3.48. The summed E-state index contributed by atoms with van der Waals surface area (Å²) in [6, 6.07) is 0. The molecule has 4 atom stereocenters. The maximum absolute atomic E-state index is 2.57. The summed E-state index contributed by atoms with van der Waals surface area (Å²) in [4.78, 5) is 0. The SMILES string of the molecule is CC1CC2=C[C@H](C)CCC2CC1C. The summed E-state index contributed by atoms with van der Waals surface area (Å²) in [6.45, 7) is 7.21. The van der Waals surface area contributed by atoms with Gasteiger partial charge in [-0.2, -0.15) is 0 Å². The van der Waals surface area contributed by atoms with Crippen molar-refractivity contribution in [3.63, 3.8) is 0 Å². The van der Waals surface area contributed by atoms with Crippen molar-refractivity contribution in [3.8, 4) is 0 Å². The fourth-order valence-electron chi connectivity index (χ4n) is 2.99. The first kappa shape index (κ1) is 9.30. The van der Waals surface area contributed by atoms with Crippen molar-refractivity contribution in [2.75, 3.05) is 0 Å². The minimum absolute atomic E-state index is 0.854. The Balaban J connectivity index is 2.12. The van der Waals surface area contributed by atoms with Crippen LogP contribution in [0.15, 0.2) is 11.6 Å². The highest BCUT2D eigenvalue weighted by atomic mass is 14.4. The van der Waals surface area contributed by atoms with Gasteiger partial charge in [0.05, 0.1) is 0 Å². The molecule has 0 bridgehead atoms. The first-order valence-corrected chi connectivity index (χ1v) is 5.87. The van der Waals surface area contributed by atoms with Crippen molar-refractivity contribution in [1.82, 2.24) is 0 Å². The number of hydrogen-bond donors (Lipinski definition) is 0. The molecule has 0 aliphatic heterocycles. The zero-order chi connectivity index (χ0) is 9.42. The lowest BCUT2D eigenvalue weighted by atomic mass is 9.68. The molecule has 0 amide bonds. The van der Waals surface area contributed by atoms with Gasteiger partial charge in [-0.05, 0) is 49.4 Å². The van der Waals surface area contributed by atoms with Gasteiger partial charge in [0.2, 0.25) is 0 Å². The van der Waals surface area contributed by atoms with Gasteiger partial charge < -0.3 is 0 Å². The topological polar surface area (TPSA) is 0 Å². The van der Waals surface area contributed by atoms with Gasteiger partial charge in [0.1, 0.15) is 0 Å². The zero-order valence-electron chi connectivity index (χ0n) is 9.22. The summed E-state index contributed by atoms with van der Waals surface area (Å²) in [5, 5.41) is 0. The fourth-order valence-corrected chi connectivity index (χ4v) is 2.99. The predicted octanol–water partition coefficient (Wildman–Crippen LogP) is 4.02. The van der Waals surface area contributed by atoms with E-state index >= 15 is 0 Å². The van der Waals surface area contributed by atoms with E-state index in [1.54, 1.807) is 5.57 Å². The van der Waals surface area contributed by atoms with E-state index in [1.807, 2.05) is 0 Å². The van der Waals surface area contributed by atoms with Gasteiger partial charge in [-0.3, -0.25) is 0 Å². The maximum atomic E-state index is 2.57. The van der Waals surface area contributed by atoms with Crippen molar-refractivity contribution < 1.29 is 0 Å². The maximum Gasteiger partial charge on any atom is -0.0200 e. The molecule has 0 saturated heterocycles. The molecule has 2 aliphatic rings. The van der Waals surface area contributed by atoms with Gasteiger partial charge in [0.25, 0.3) is 0 Å². The van der Waals surface area contributed by atoms with E-state index in [1.165, 1.54) is 25.7 Å². The third kappa shape index (κ3) is 1.82. The van der Waals surface area contributed by atoms with Crippen molar-refractivity contribution in [1.29, 1.82) is 0 Å². The molecular formula is C13H22. The Bertz CT molecular complexity index is 214. The lowest BCUT2D eigenvalue weighted by molar-refractivity contribution is 0.241. The van der Waals surface area contributed by atoms with Crippen LogP contribution in [0.2, 0.25) is 0 Å². The first-order chi connectivity index (χ1) is 6.16. The highest BCUT2D eigenvalue weighted by Gasteiger charge is 2.30. The minimum atomic E-state index is 0.854. The van der Waals surface area contributed by atoms with Crippen LogP contribution in [-0.4, -0.2) is 0 Å². The molecule has 0 nitrogen and oxygen atoms in total. The Hall–Kier alpha value is -0.260. The molecular weight excluding hydrogens is 156 g/mol. The summed E-state index contributed by atoms with van der Waals surface area (Å²) in [5.74, 6) is 3.69. The quantitative estimate of drug-likeness (QED) is 0.491. The van der Waals surface area contributed by atoms with E-state index in [2.05, 4.69) is 26.8 Å². The Kier molecular flexibility index (Phi) is 2.49. The molecule has 13 heavy (non-hydrogen) atoms. The van der Waals surface area contributed by atoms with Crippen LogP contribution < -0.4 is 0 Å². The third-order valence-corrected chi connectivity index (χ3v) is 4.18. The number of hydrogen-bond acceptors (Lipinski definition) is 0. The molecule has 3 unspecified atom stereocenters. The normalized spacial score (nSPS) is 45.3. The van der Waals surface area contributed by atoms with Crippen molar-refractivity contribution in [2.24, 2.45) is 23.7 Å². The Labute approximate surface area is 82.4 Å². The summed E-state index contributed by atoms with van der Waals surface area (Å²) in [7, 11) is 0. The smallest absolute Gasteiger partial charge is 0.0200 e. The monoisotopic (exact) mass is 178 g/mol. The molecule has 0 spiro atoms. The van der Waals surface area contributed by atoms with Gasteiger partial charge in [0, 0.05) is 0 Å². The Morgan fingerprint density at radius 3 is 2.62 bits per heavy atom. The van der Waals surface area contributed by atoms with Crippen molar-refractivity contribution in [3.05, 3.63) is 11.6 Å². The molecule has 0 aromatic carbocycles. The zero-order valence-corrected chi connectivity index (χ0v) is 9.22. The van der Waals surface area contributed by atoms with Gasteiger partial charge in [-0.15, -0.1) is 0 Å². The van der Waals surface area contributed by atoms with Crippen LogP contribution in [0.1, 0.15) is 46.5 Å². The van der Waals surface area contributed by atoms with Crippen LogP contribution in [0.3, 0.4) is 0 Å². The molecule has 2 rings (SSSR count). The molecule has 2 aliphatic carbocycles. The molecule has 0 aromatic heterocycles. The largest absolute Gasteiger partial charge is 0.0822 e. The van der Waals surface area contributed by atoms with Gasteiger partial charge in [-0.25, -0.2) is 0 Å². The van der Waals surface area contributed by atoms with E-state index < -0.39 is 0 Å². The molecule has 0 aromatic rings. The van der Waals surface area contributed by atoms with Crippen LogP contribution in [-0.2, 0) is 0 Å². The van der Waals surface area contributed by atoms with Crippen LogP contribution in [0.4, 0.5) is 0 Å². The number of rotatable bonds is 0. The van der Waals surface area contributed by atoms with E-state index in [9.17, 15) is 0 Å². The molecule has 0 radical (unpaired) electrons. The Morgan fingerprint density at radius 1 is 1.08 bits per heavy atom. The van der Waals surface area contributed by atoms with Crippen LogP contribution >= 0.6 is 0 Å². The third-order valence-electron chi connectivity index (χ3n) is 4.18. The van der Waals surface area contributed by atoms with E-state index in [0.29, 0.717) is 0 Å². The first-order valence-electron chi connectivity index (χ1n) is 5.87. The average Bonchev–Trinajstić information content (AvgIpc) is 2.08. The standard InChI is InChI=1S/C13H22/c1-9-4-5-12-7-10(2)11(3)8-13(12)6-9/h6,9-12H,4-5,7-8H2,1-3H3/t9-,10?,11?,12?/m1/s1. The predicted molar refractivity (Wildman–Crippen MR) is 57.5 cm³/mol.